The molecule has 1 fully saturated rings. The average Bonchev–Trinajstić information content (AvgIpc) is 2.38. The number of piperazine rings is 1. The normalized spacial score (nSPS) is 17.5. The zero-order chi connectivity index (χ0) is 14.0. The van der Waals surface area contributed by atoms with Gasteiger partial charge < -0.3 is 4.90 Å². The molecular weight excluding hydrogens is 270 g/mol. The molecule has 0 unspecified atom stereocenters. The highest BCUT2D eigenvalue weighted by molar-refractivity contribution is 7.86. The van der Waals surface area contributed by atoms with Crippen LogP contribution < -0.4 is 5.14 Å². The van der Waals surface area contributed by atoms with E-state index in [1.165, 1.54) is 12.4 Å². The Morgan fingerprint density at radius 1 is 1.21 bits per heavy atom. The maximum atomic E-state index is 12.1. The van der Waals surface area contributed by atoms with Crippen molar-refractivity contribution in [3.8, 4) is 0 Å². The van der Waals surface area contributed by atoms with Crippen molar-refractivity contribution in [2.45, 2.75) is 6.92 Å². The van der Waals surface area contributed by atoms with Crippen molar-refractivity contribution in [2.24, 2.45) is 5.14 Å². The lowest BCUT2D eigenvalue weighted by molar-refractivity contribution is 0.0691. The van der Waals surface area contributed by atoms with Crippen LogP contribution in [0.3, 0.4) is 0 Å². The number of aryl methyl sites for hydroxylation is 1. The number of carbonyl (C=O) groups excluding carboxylic acids is 1. The van der Waals surface area contributed by atoms with E-state index < -0.39 is 10.2 Å². The molecule has 2 N–H and O–H groups in total. The van der Waals surface area contributed by atoms with Crippen molar-refractivity contribution in [1.29, 1.82) is 0 Å². The molecule has 1 aromatic heterocycles. The summed E-state index contributed by atoms with van der Waals surface area (Å²) in [5.74, 6) is -0.249. The SMILES string of the molecule is Cc1cnc(C(=O)N2CCN(S(N)(=O)=O)CC2)cn1. The molecule has 1 amide bonds. The summed E-state index contributed by atoms with van der Waals surface area (Å²) in [6.45, 7) is 2.77. The first-order valence-corrected chi connectivity index (χ1v) is 7.24. The van der Waals surface area contributed by atoms with Gasteiger partial charge in [0.15, 0.2) is 0 Å². The third-order valence-electron chi connectivity index (χ3n) is 2.89. The summed E-state index contributed by atoms with van der Waals surface area (Å²) in [7, 11) is -3.68. The van der Waals surface area contributed by atoms with E-state index in [1.54, 1.807) is 11.8 Å². The van der Waals surface area contributed by atoms with Gasteiger partial charge >= 0.3 is 0 Å². The van der Waals surface area contributed by atoms with Gasteiger partial charge in [-0.15, -0.1) is 0 Å². The van der Waals surface area contributed by atoms with Gasteiger partial charge in [-0.2, -0.15) is 12.7 Å². The van der Waals surface area contributed by atoms with Crippen LogP contribution in [0.1, 0.15) is 16.2 Å². The standard InChI is InChI=1S/C10H15N5O3S/c1-8-6-13-9(7-12-8)10(16)14-2-4-15(5-3-14)19(11,17)18/h6-7H,2-5H2,1H3,(H2,11,17,18). The fourth-order valence-electron chi connectivity index (χ4n) is 1.81. The van der Waals surface area contributed by atoms with Crippen LogP contribution in [0.15, 0.2) is 12.4 Å². The van der Waals surface area contributed by atoms with E-state index in [0.29, 0.717) is 13.1 Å². The highest BCUT2D eigenvalue weighted by Crippen LogP contribution is 2.08. The molecule has 0 atom stereocenters. The number of hydrogen-bond acceptors (Lipinski definition) is 5. The van der Waals surface area contributed by atoms with Gasteiger partial charge in [-0.25, -0.2) is 10.1 Å². The van der Waals surface area contributed by atoms with Crippen molar-refractivity contribution in [3.05, 3.63) is 23.8 Å². The van der Waals surface area contributed by atoms with E-state index in [9.17, 15) is 13.2 Å². The number of carbonyl (C=O) groups is 1. The van der Waals surface area contributed by atoms with Crippen LogP contribution in [0.4, 0.5) is 0 Å². The second-order valence-corrected chi connectivity index (χ2v) is 5.83. The Balaban J connectivity index is 2.02. The quantitative estimate of drug-likeness (QED) is 0.730. The van der Waals surface area contributed by atoms with Crippen LogP contribution in [-0.4, -0.2) is 59.7 Å². The van der Waals surface area contributed by atoms with Gasteiger partial charge in [0.25, 0.3) is 16.1 Å². The molecule has 2 rings (SSSR count). The molecular formula is C10H15N5O3S. The molecule has 19 heavy (non-hydrogen) atoms. The Labute approximate surface area is 111 Å². The summed E-state index contributed by atoms with van der Waals surface area (Å²) < 4.78 is 23.4. The molecule has 0 aliphatic carbocycles. The third-order valence-corrected chi connectivity index (χ3v) is 3.97. The summed E-state index contributed by atoms with van der Waals surface area (Å²) in [5.41, 5.74) is 0.991. The lowest BCUT2D eigenvalue weighted by atomic mass is 10.3. The van der Waals surface area contributed by atoms with E-state index in [4.69, 9.17) is 5.14 Å². The smallest absolute Gasteiger partial charge is 0.277 e. The fourth-order valence-corrected chi connectivity index (χ4v) is 2.48. The number of amides is 1. The van der Waals surface area contributed by atoms with Gasteiger partial charge in [0.2, 0.25) is 0 Å². The minimum Gasteiger partial charge on any atom is -0.335 e. The molecule has 9 heteroatoms. The first-order valence-electron chi connectivity index (χ1n) is 5.74. The molecule has 8 nitrogen and oxygen atoms in total. The van der Waals surface area contributed by atoms with Crippen LogP contribution >= 0.6 is 0 Å². The molecule has 0 saturated carbocycles. The predicted octanol–water partition coefficient (Wildman–Crippen LogP) is -1.25. The predicted molar refractivity (Wildman–Crippen MR) is 67.4 cm³/mol. The number of aromatic nitrogens is 2. The molecule has 1 aliphatic heterocycles. The molecule has 0 spiro atoms. The first kappa shape index (κ1) is 13.8. The monoisotopic (exact) mass is 285 g/mol. The molecule has 1 aliphatic rings. The third kappa shape index (κ3) is 3.25. The van der Waals surface area contributed by atoms with Crippen molar-refractivity contribution < 1.29 is 13.2 Å². The van der Waals surface area contributed by atoms with Gasteiger partial charge in [-0.1, -0.05) is 0 Å². The van der Waals surface area contributed by atoms with Crippen molar-refractivity contribution >= 4 is 16.1 Å². The number of nitrogens with zero attached hydrogens (tertiary/aromatic N) is 4. The number of rotatable bonds is 2. The zero-order valence-corrected chi connectivity index (χ0v) is 11.3. The summed E-state index contributed by atoms with van der Waals surface area (Å²) in [4.78, 5) is 21.7. The second-order valence-electron chi connectivity index (χ2n) is 4.28. The van der Waals surface area contributed by atoms with E-state index in [-0.39, 0.29) is 24.7 Å². The Kier molecular flexibility index (Phi) is 3.78. The minimum absolute atomic E-state index is 0.198. The van der Waals surface area contributed by atoms with Crippen LogP contribution in [0.25, 0.3) is 0 Å². The first-order chi connectivity index (χ1) is 8.88. The lowest BCUT2D eigenvalue weighted by Crippen LogP contribution is -2.52. The molecule has 1 saturated heterocycles. The van der Waals surface area contributed by atoms with E-state index >= 15 is 0 Å². The van der Waals surface area contributed by atoms with Crippen molar-refractivity contribution in [3.63, 3.8) is 0 Å². The summed E-state index contributed by atoms with van der Waals surface area (Å²) >= 11 is 0. The maximum Gasteiger partial charge on any atom is 0.277 e. The summed E-state index contributed by atoms with van der Waals surface area (Å²) in [5, 5.41) is 5.03. The fraction of sp³-hybridized carbons (Fsp3) is 0.500. The summed E-state index contributed by atoms with van der Waals surface area (Å²) in [6.07, 6.45) is 2.94. The van der Waals surface area contributed by atoms with E-state index in [0.717, 1.165) is 10.00 Å². The number of hydrogen-bond donors (Lipinski definition) is 1. The van der Waals surface area contributed by atoms with Gasteiger partial charge in [0.1, 0.15) is 5.69 Å². The van der Waals surface area contributed by atoms with Crippen LogP contribution in [-0.2, 0) is 10.2 Å². The second kappa shape index (κ2) is 5.19. The Morgan fingerprint density at radius 2 is 1.84 bits per heavy atom. The molecule has 104 valence electrons. The van der Waals surface area contributed by atoms with Gasteiger partial charge in [0.05, 0.1) is 11.9 Å². The van der Waals surface area contributed by atoms with Crippen LogP contribution in [0.2, 0.25) is 0 Å². The molecule has 0 aromatic carbocycles. The molecule has 0 bridgehead atoms. The van der Waals surface area contributed by atoms with E-state index in [1.807, 2.05) is 0 Å². The molecule has 2 heterocycles. The molecule has 0 radical (unpaired) electrons. The van der Waals surface area contributed by atoms with Crippen molar-refractivity contribution in [1.82, 2.24) is 19.2 Å². The maximum absolute atomic E-state index is 12.1. The van der Waals surface area contributed by atoms with Gasteiger partial charge in [-0.05, 0) is 6.92 Å². The largest absolute Gasteiger partial charge is 0.335 e. The Bertz CT molecular complexity index is 563. The topological polar surface area (TPSA) is 109 Å². The number of nitrogens with two attached hydrogens (primary N) is 1. The lowest BCUT2D eigenvalue weighted by Gasteiger charge is -2.32. The zero-order valence-electron chi connectivity index (χ0n) is 10.5. The summed E-state index contributed by atoms with van der Waals surface area (Å²) in [6, 6.07) is 0. The van der Waals surface area contributed by atoms with Crippen LogP contribution in [0.5, 0.6) is 0 Å². The highest BCUT2D eigenvalue weighted by atomic mass is 32.2. The van der Waals surface area contributed by atoms with Gasteiger partial charge in [0, 0.05) is 32.4 Å². The highest BCUT2D eigenvalue weighted by Gasteiger charge is 2.27. The van der Waals surface area contributed by atoms with Crippen molar-refractivity contribution in [2.75, 3.05) is 26.2 Å². The average molecular weight is 285 g/mol. The van der Waals surface area contributed by atoms with Gasteiger partial charge in [-0.3, -0.25) is 9.78 Å². The Hall–Kier alpha value is -1.58. The van der Waals surface area contributed by atoms with Crippen LogP contribution in [0, 0.1) is 6.92 Å². The minimum atomic E-state index is -3.68. The van der Waals surface area contributed by atoms with E-state index in [2.05, 4.69) is 9.97 Å². The Morgan fingerprint density at radius 3 is 2.32 bits per heavy atom. The molecule has 1 aromatic rings.